The number of ether oxygens (including phenoxy) is 2. The Hall–Kier alpha value is -1.59. The highest BCUT2D eigenvalue weighted by atomic mass is 16.5. The van der Waals surface area contributed by atoms with Crippen LogP contribution in [0.2, 0.25) is 0 Å². The summed E-state index contributed by atoms with van der Waals surface area (Å²) in [7, 11) is 2.55. The molecule has 0 aromatic rings. The minimum atomic E-state index is -0.960. The lowest BCUT2D eigenvalue weighted by atomic mass is 9.97. The molecule has 1 atom stereocenters. The van der Waals surface area contributed by atoms with Crippen molar-refractivity contribution in [1.82, 2.24) is 5.43 Å². The van der Waals surface area contributed by atoms with Crippen molar-refractivity contribution in [1.29, 1.82) is 0 Å². The van der Waals surface area contributed by atoms with E-state index in [0.29, 0.717) is 0 Å². The van der Waals surface area contributed by atoms with Crippen molar-refractivity contribution in [3.63, 3.8) is 0 Å². The van der Waals surface area contributed by atoms with E-state index in [-0.39, 0.29) is 12.1 Å². The van der Waals surface area contributed by atoms with Crippen molar-refractivity contribution in [2.45, 2.75) is 18.9 Å². The average Bonchev–Trinajstić information content (AvgIpc) is 2.60. The molecule has 1 rings (SSSR count). The summed E-state index contributed by atoms with van der Waals surface area (Å²) >= 11 is 0. The lowest BCUT2D eigenvalue weighted by Crippen LogP contribution is -2.45. The molecule has 0 aromatic carbocycles. The molecule has 0 saturated carbocycles. The van der Waals surface area contributed by atoms with E-state index in [9.17, 15) is 9.59 Å². The Morgan fingerprint density at radius 2 is 2.07 bits per heavy atom. The molecule has 1 heterocycles. The second-order valence-corrected chi connectivity index (χ2v) is 3.16. The maximum atomic E-state index is 11.3. The van der Waals surface area contributed by atoms with Crippen LogP contribution < -0.4 is 5.43 Å². The van der Waals surface area contributed by atoms with Crippen molar-refractivity contribution in [2.24, 2.45) is 5.10 Å². The Labute approximate surface area is 81.3 Å². The Bertz CT molecular complexity index is 300. The van der Waals surface area contributed by atoms with Crippen LogP contribution in [0.1, 0.15) is 13.3 Å². The molecule has 78 valence electrons. The molecule has 0 spiro atoms. The molecule has 0 radical (unpaired) electrons. The van der Waals surface area contributed by atoms with Crippen LogP contribution in [0.15, 0.2) is 5.10 Å². The number of nitrogens with one attached hydrogen (secondary N) is 1. The van der Waals surface area contributed by atoms with E-state index in [2.05, 4.69) is 20.0 Å². The zero-order chi connectivity index (χ0) is 10.8. The van der Waals surface area contributed by atoms with Crippen LogP contribution in [-0.2, 0) is 19.1 Å². The van der Waals surface area contributed by atoms with E-state index < -0.39 is 17.5 Å². The van der Waals surface area contributed by atoms with Crippen LogP contribution in [0.5, 0.6) is 0 Å². The van der Waals surface area contributed by atoms with Crippen molar-refractivity contribution in [3.8, 4) is 0 Å². The molecular formula is C8H12N2O4. The quantitative estimate of drug-likeness (QED) is 0.604. The minimum absolute atomic E-state index is 0.173. The highest BCUT2D eigenvalue weighted by Crippen LogP contribution is 2.18. The SMILES string of the molecule is COC(=O)C1=NNC(C)(C(=O)OC)C1. The fourth-order valence-electron chi connectivity index (χ4n) is 1.18. The Kier molecular flexibility index (Phi) is 2.73. The number of hydrogen-bond donors (Lipinski definition) is 1. The third-order valence-electron chi connectivity index (χ3n) is 2.02. The standard InChI is InChI=1S/C8H12N2O4/c1-8(7(12)14-3)4-5(9-10-8)6(11)13-2/h10H,4H2,1-3H3. The lowest BCUT2D eigenvalue weighted by molar-refractivity contribution is -0.147. The molecule has 1 N–H and O–H groups in total. The van der Waals surface area contributed by atoms with Gasteiger partial charge in [-0.3, -0.25) is 5.43 Å². The number of hydrazone groups is 1. The van der Waals surface area contributed by atoms with Gasteiger partial charge in [-0.05, 0) is 6.92 Å². The Balaban J connectivity index is 2.70. The van der Waals surface area contributed by atoms with Crippen molar-refractivity contribution < 1.29 is 19.1 Å². The van der Waals surface area contributed by atoms with E-state index in [4.69, 9.17) is 0 Å². The van der Waals surface area contributed by atoms with Gasteiger partial charge in [0.15, 0.2) is 5.54 Å². The second-order valence-electron chi connectivity index (χ2n) is 3.16. The van der Waals surface area contributed by atoms with Crippen molar-refractivity contribution in [3.05, 3.63) is 0 Å². The molecule has 6 heteroatoms. The fourth-order valence-corrected chi connectivity index (χ4v) is 1.18. The van der Waals surface area contributed by atoms with E-state index in [1.54, 1.807) is 6.92 Å². The zero-order valence-electron chi connectivity index (χ0n) is 8.29. The topological polar surface area (TPSA) is 77.0 Å². The summed E-state index contributed by atoms with van der Waals surface area (Å²) in [5, 5.41) is 3.72. The van der Waals surface area contributed by atoms with Gasteiger partial charge in [0.05, 0.1) is 14.2 Å². The number of rotatable bonds is 2. The van der Waals surface area contributed by atoms with E-state index >= 15 is 0 Å². The van der Waals surface area contributed by atoms with Gasteiger partial charge in [-0.25, -0.2) is 9.59 Å². The molecule has 0 aromatic heterocycles. The lowest BCUT2D eigenvalue weighted by Gasteiger charge is -2.19. The van der Waals surface area contributed by atoms with Crippen LogP contribution in [0.25, 0.3) is 0 Å². The van der Waals surface area contributed by atoms with Gasteiger partial charge in [-0.15, -0.1) is 0 Å². The molecule has 0 fully saturated rings. The first-order chi connectivity index (χ1) is 6.53. The van der Waals surface area contributed by atoms with Crippen molar-refractivity contribution in [2.75, 3.05) is 14.2 Å². The Morgan fingerprint density at radius 3 is 2.57 bits per heavy atom. The zero-order valence-corrected chi connectivity index (χ0v) is 8.29. The summed E-state index contributed by atoms with van der Waals surface area (Å²) < 4.78 is 9.05. The normalized spacial score (nSPS) is 24.9. The first-order valence-electron chi connectivity index (χ1n) is 4.04. The minimum Gasteiger partial charge on any atom is -0.467 e. The predicted molar refractivity (Wildman–Crippen MR) is 47.6 cm³/mol. The summed E-state index contributed by atoms with van der Waals surface area (Å²) in [6, 6.07) is 0. The van der Waals surface area contributed by atoms with E-state index in [1.807, 2.05) is 0 Å². The fraction of sp³-hybridized carbons (Fsp3) is 0.625. The van der Waals surface area contributed by atoms with Crippen molar-refractivity contribution >= 4 is 17.7 Å². The number of carbonyl (C=O) groups excluding carboxylic acids is 2. The van der Waals surface area contributed by atoms with E-state index in [0.717, 1.165) is 0 Å². The first kappa shape index (κ1) is 10.5. The van der Waals surface area contributed by atoms with Gasteiger partial charge in [-0.1, -0.05) is 0 Å². The molecular weight excluding hydrogens is 188 g/mol. The largest absolute Gasteiger partial charge is 0.467 e. The summed E-state index contributed by atoms with van der Waals surface area (Å²) in [6.45, 7) is 1.61. The average molecular weight is 200 g/mol. The molecule has 6 nitrogen and oxygen atoms in total. The van der Waals surface area contributed by atoms with Crippen LogP contribution in [0, 0.1) is 0 Å². The van der Waals surface area contributed by atoms with Gasteiger partial charge in [0.2, 0.25) is 0 Å². The number of hydrogen-bond acceptors (Lipinski definition) is 6. The highest BCUT2D eigenvalue weighted by molar-refractivity contribution is 6.37. The van der Waals surface area contributed by atoms with Gasteiger partial charge in [0.25, 0.3) is 0 Å². The number of esters is 2. The summed E-state index contributed by atoms with van der Waals surface area (Å²) in [5.74, 6) is -0.995. The molecule has 1 unspecified atom stereocenters. The third kappa shape index (κ3) is 1.68. The van der Waals surface area contributed by atoms with Gasteiger partial charge >= 0.3 is 11.9 Å². The monoisotopic (exact) mass is 200 g/mol. The molecule has 0 saturated heterocycles. The smallest absolute Gasteiger partial charge is 0.354 e. The molecule has 1 aliphatic rings. The maximum Gasteiger partial charge on any atom is 0.354 e. The number of nitrogens with zero attached hydrogens (tertiary/aromatic N) is 1. The molecule has 1 aliphatic heterocycles. The first-order valence-corrected chi connectivity index (χ1v) is 4.04. The van der Waals surface area contributed by atoms with E-state index in [1.165, 1.54) is 14.2 Å². The van der Waals surface area contributed by atoms with Crippen LogP contribution >= 0.6 is 0 Å². The molecule has 0 aliphatic carbocycles. The molecule has 0 bridgehead atoms. The summed E-state index contributed by atoms with van der Waals surface area (Å²) in [5.41, 5.74) is 1.80. The van der Waals surface area contributed by atoms with Crippen LogP contribution in [0.4, 0.5) is 0 Å². The summed E-state index contributed by atoms with van der Waals surface area (Å²) in [4.78, 5) is 22.3. The molecule has 0 amide bonds. The van der Waals surface area contributed by atoms with Gasteiger partial charge in [-0.2, -0.15) is 5.10 Å². The summed E-state index contributed by atoms with van der Waals surface area (Å²) in [6.07, 6.45) is 0.173. The van der Waals surface area contributed by atoms with Crippen LogP contribution in [0.3, 0.4) is 0 Å². The Morgan fingerprint density at radius 1 is 1.43 bits per heavy atom. The van der Waals surface area contributed by atoms with Crippen LogP contribution in [-0.4, -0.2) is 37.4 Å². The predicted octanol–water partition coefficient (Wildman–Crippen LogP) is -0.560. The second kappa shape index (κ2) is 3.65. The molecule has 14 heavy (non-hydrogen) atoms. The van der Waals surface area contributed by atoms with Gasteiger partial charge < -0.3 is 9.47 Å². The number of carbonyl (C=O) groups is 2. The third-order valence-corrected chi connectivity index (χ3v) is 2.02. The maximum absolute atomic E-state index is 11.3. The number of methoxy groups -OCH3 is 2. The highest BCUT2D eigenvalue weighted by Gasteiger charge is 2.41. The van der Waals surface area contributed by atoms with Gasteiger partial charge in [0.1, 0.15) is 5.71 Å². The van der Waals surface area contributed by atoms with Gasteiger partial charge in [0, 0.05) is 6.42 Å².